The van der Waals surface area contributed by atoms with Crippen molar-refractivity contribution in [3.8, 4) is 34.5 Å². The zero-order valence-electron chi connectivity index (χ0n) is 22.6. The Morgan fingerprint density at radius 1 is 0.614 bits per heavy atom. The number of alkyl halides is 5. The first-order chi connectivity index (χ1) is 20.7. The molecule has 0 aromatic heterocycles. The van der Waals surface area contributed by atoms with Crippen molar-refractivity contribution in [3.63, 3.8) is 0 Å². The van der Waals surface area contributed by atoms with Gasteiger partial charge in [-0.2, -0.15) is 22.0 Å². The van der Waals surface area contributed by atoms with Gasteiger partial charge in [-0.25, -0.2) is 22.0 Å². The molecule has 12 heteroatoms. The molecule has 0 aliphatic heterocycles. The maximum atomic E-state index is 14.9. The molecule has 0 N–H and O–H groups in total. The summed E-state index contributed by atoms with van der Waals surface area (Å²) >= 11 is 0. The minimum Gasteiger partial charge on any atom is -0.494 e. The second-order valence-electron chi connectivity index (χ2n) is 9.36. The van der Waals surface area contributed by atoms with Gasteiger partial charge in [-0.05, 0) is 60.5 Å². The molecular formula is C32H20F10O2. The molecule has 230 valence electrons. The first-order valence-electron chi connectivity index (χ1n) is 12.9. The standard InChI is InChI=1S/C32H20F10O2/c1-2-3-12-43-21-9-6-18(7-10-21)4-5-19-8-11-23(24(33)13-19)20-14-25(34)30(26(35)15-20)32(41,42)44-22-16-27(36)29(28(37)17-22)31(38,39)40/h6-11,13-17H,2-3,12H2,1H3. The number of hydrogen-bond donors (Lipinski definition) is 0. The lowest BCUT2D eigenvalue weighted by Gasteiger charge is -2.21. The van der Waals surface area contributed by atoms with Gasteiger partial charge < -0.3 is 9.47 Å². The van der Waals surface area contributed by atoms with E-state index in [1.165, 1.54) is 6.07 Å². The molecule has 0 unspecified atom stereocenters. The number of rotatable bonds is 8. The predicted molar refractivity (Wildman–Crippen MR) is 140 cm³/mol. The molecule has 4 aromatic carbocycles. The largest absolute Gasteiger partial charge is 0.494 e. The summed E-state index contributed by atoms with van der Waals surface area (Å²) < 4.78 is 149. The molecule has 44 heavy (non-hydrogen) atoms. The van der Waals surface area contributed by atoms with Gasteiger partial charge in [0.05, 0.1) is 6.61 Å². The highest BCUT2D eigenvalue weighted by molar-refractivity contribution is 5.66. The third-order valence-corrected chi connectivity index (χ3v) is 6.13. The van der Waals surface area contributed by atoms with Crippen molar-refractivity contribution in [1.82, 2.24) is 0 Å². The van der Waals surface area contributed by atoms with E-state index < -0.39 is 63.8 Å². The topological polar surface area (TPSA) is 18.5 Å². The lowest BCUT2D eigenvalue weighted by Crippen LogP contribution is -2.25. The van der Waals surface area contributed by atoms with Gasteiger partial charge >= 0.3 is 12.3 Å². The normalized spacial score (nSPS) is 11.6. The molecule has 0 bridgehead atoms. The van der Waals surface area contributed by atoms with Crippen LogP contribution in [0.4, 0.5) is 43.9 Å². The Morgan fingerprint density at radius 2 is 1.16 bits per heavy atom. The quantitative estimate of drug-likeness (QED) is 0.110. The van der Waals surface area contributed by atoms with Crippen LogP contribution in [-0.4, -0.2) is 6.61 Å². The molecule has 0 spiro atoms. The minimum absolute atomic E-state index is 0.197. The molecule has 0 aliphatic carbocycles. The fourth-order valence-electron chi connectivity index (χ4n) is 4.03. The maximum absolute atomic E-state index is 14.9. The van der Waals surface area contributed by atoms with Crippen molar-refractivity contribution in [1.29, 1.82) is 0 Å². The predicted octanol–water partition coefficient (Wildman–Crippen LogP) is 9.77. The Labute approximate surface area is 244 Å². The van der Waals surface area contributed by atoms with Crippen LogP contribution in [0.2, 0.25) is 0 Å². The van der Waals surface area contributed by atoms with E-state index in [0.717, 1.165) is 25.0 Å². The number of unbranched alkanes of at least 4 members (excludes halogenated alkanes) is 1. The number of halogens is 10. The van der Waals surface area contributed by atoms with Gasteiger partial charge in [0.2, 0.25) is 0 Å². The van der Waals surface area contributed by atoms with E-state index >= 15 is 0 Å². The zero-order chi connectivity index (χ0) is 32.2. The number of ether oxygens (including phenoxy) is 2. The molecule has 0 amide bonds. The van der Waals surface area contributed by atoms with Gasteiger partial charge in [0.15, 0.2) is 0 Å². The Hall–Kier alpha value is -4.66. The SMILES string of the molecule is CCCCOc1ccc(C#Cc2ccc(-c3cc(F)c(C(F)(F)Oc4cc(F)c(C(F)(F)F)c(F)c4)c(F)c3)c(F)c2)cc1. The van der Waals surface area contributed by atoms with Gasteiger partial charge in [-0.3, -0.25) is 0 Å². The molecule has 0 atom stereocenters. The first-order valence-corrected chi connectivity index (χ1v) is 12.9. The van der Waals surface area contributed by atoms with Crippen LogP contribution in [-0.2, 0) is 12.3 Å². The summed E-state index contributed by atoms with van der Waals surface area (Å²) in [4.78, 5) is 0. The summed E-state index contributed by atoms with van der Waals surface area (Å²) in [6.07, 6.45) is -8.54. The highest BCUT2D eigenvalue weighted by atomic mass is 19.4. The Morgan fingerprint density at radius 3 is 1.70 bits per heavy atom. The van der Waals surface area contributed by atoms with Crippen LogP contribution in [0.3, 0.4) is 0 Å². The van der Waals surface area contributed by atoms with Gasteiger partial charge in [0.1, 0.15) is 51.7 Å². The molecule has 0 radical (unpaired) electrons. The molecule has 0 saturated carbocycles. The second-order valence-corrected chi connectivity index (χ2v) is 9.36. The van der Waals surface area contributed by atoms with Crippen LogP contribution in [0.15, 0.2) is 66.7 Å². The van der Waals surface area contributed by atoms with Gasteiger partial charge in [0.25, 0.3) is 0 Å². The summed E-state index contributed by atoms with van der Waals surface area (Å²) in [7, 11) is 0. The lowest BCUT2D eigenvalue weighted by molar-refractivity contribution is -0.189. The first kappa shape index (κ1) is 32.3. The fourth-order valence-corrected chi connectivity index (χ4v) is 4.03. The van der Waals surface area contributed by atoms with Crippen LogP contribution in [0.25, 0.3) is 11.1 Å². The Kier molecular flexibility index (Phi) is 9.47. The molecule has 4 rings (SSSR count). The lowest BCUT2D eigenvalue weighted by atomic mass is 10.0. The monoisotopic (exact) mass is 626 g/mol. The second kappa shape index (κ2) is 12.9. The highest BCUT2D eigenvalue weighted by Crippen LogP contribution is 2.40. The van der Waals surface area contributed by atoms with E-state index in [1.54, 1.807) is 24.3 Å². The van der Waals surface area contributed by atoms with Gasteiger partial charge in [-0.1, -0.05) is 31.3 Å². The fraction of sp³-hybridized carbons (Fsp3) is 0.188. The molecular weight excluding hydrogens is 606 g/mol. The van der Waals surface area contributed by atoms with E-state index in [1.807, 2.05) is 6.92 Å². The average Bonchev–Trinajstić information content (AvgIpc) is 2.90. The summed E-state index contributed by atoms with van der Waals surface area (Å²) in [6, 6.07) is 10.6. The maximum Gasteiger partial charge on any atom is 0.432 e. The molecule has 0 saturated heterocycles. The molecule has 0 aliphatic rings. The smallest absolute Gasteiger partial charge is 0.432 e. The average molecular weight is 626 g/mol. The van der Waals surface area contributed by atoms with Crippen LogP contribution in [0.5, 0.6) is 11.5 Å². The van der Waals surface area contributed by atoms with Gasteiger partial charge in [0, 0.05) is 28.8 Å². The van der Waals surface area contributed by atoms with Crippen molar-refractivity contribution in [2.24, 2.45) is 0 Å². The minimum atomic E-state index is -5.49. The van der Waals surface area contributed by atoms with E-state index in [0.29, 0.717) is 30.1 Å². The van der Waals surface area contributed by atoms with Crippen LogP contribution >= 0.6 is 0 Å². The molecule has 4 aromatic rings. The number of hydrogen-bond acceptors (Lipinski definition) is 2. The summed E-state index contributed by atoms with van der Waals surface area (Å²) in [5, 5.41) is 0. The third-order valence-electron chi connectivity index (χ3n) is 6.13. The highest BCUT2D eigenvalue weighted by Gasteiger charge is 2.43. The van der Waals surface area contributed by atoms with E-state index in [2.05, 4.69) is 16.6 Å². The van der Waals surface area contributed by atoms with Crippen molar-refractivity contribution >= 4 is 0 Å². The van der Waals surface area contributed by atoms with E-state index in [4.69, 9.17) is 4.74 Å². The molecule has 0 heterocycles. The summed E-state index contributed by atoms with van der Waals surface area (Å²) in [5.74, 6) is -4.65. The van der Waals surface area contributed by atoms with Crippen molar-refractivity contribution in [2.75, 3.05) is 6.61 Å². The van der Waals surface area contributed by atoms with E-state index in [9.17, 15) is 43.9 Å². The molecule has 2 nitrogen and oxygen atoms in total. The van der Waals surface area contributed by atoms with Crippen molar-refractivity contribution < 1.29 is 53.4 Å². The Balaban J connectivity index is 1.54. The van der Waals surface area contributed by atoms with Crippen LogP contribution in [0.1, 0.15) is 42.0 Å². The van der Waals surface area contributed by atoms with Crippen LogP contribution in [0, 0.1) is 40.9 Å². The van der Waals surface area contributed by atoms with Crippen molar-refractivity contribution in [2.45, 2.75) is 32.1 Å². The Bertz CT molecular complexity index is 1670. The number of benzene rings is 4. The van der Waals surface area contributed by atoms with Gasteiger partial charge in [-0.15, -0.1) is 0 Å². The van der Waals surface area contributed by atoms with Crippen molar-refractivity contribution in [3.05, 3.63) is 118 Å². The summed E-state index contributed by atoms with van der Waals surface area (Å²) in [6.45, 7) is 2.61. The third kappa shape index (κ3) is 7.45. The zero-order valence-corrected chi connectivity index (χ0v) is 22.6. The van der Waals surface area contributed by atoms with E-state index in [-0.39, 0.29) is 23.3 Å². The summed E-state index contributed by atoms with van der Waals surface area (Å²) in [5.41, 5.74) is -4.45. The molecule has 0 fully saturated rings. The van der Waals surface area contributed by atoms with Crippen LogP contribution < -0.4 is 9.47 Å².